The molecule has 0 amide bonds. The maximum Gasteiger partial charge on any atom is 0.306 e. The van der Waals surface area contributed by atoms with E-state index in [2.05, 4.69) is 45.1 Å². The van der Waals surface area contributed by atoms with Gasteiger partial charge in [-0.1, -0.05) is 244 Å². The number of hydrogen-bond donors (Lipinski definition) is 0. The summed E-state index contributed by atoms with van der Waals surface area (Å²) in [6, 6.07) is 0. The molecule has 0 N–H and O–H groups in total. The van der Waals surface area contributed by atoms with Gasteiger partial charge in [0.15, 0.2) is 6.10 Å². The molecule has 0 radical (unpaired) electrons. The van der Waals surface area contributed by atoms with E-state index in [-0.39, 0.29) is 31.1 Å². The number of rotatable bonds is 49. The van der Waals surface area contributed by atoms with Gasteiger partial charge in [-0.05, 0) is 51.4 Å². The molecule has 0 aromatic heterocycles. The van der Waals surface area contributed by atoms with E-state index in [1.807, 2.05) is 0 Å². The molecule has 0 spiro atoms. The lowest BCUT2D eigenvalue weighted by atomic mass is 10.0. The van der Waals surface area contributed by atoms with Crippen LogP contribution in [0.3, 0.4) is 0 Å². The third-order valence-electron chi connectivity index (χ3n) is 12.0. The van der Waals surface area contributed by atoms with Crippen molar-refractivity contribution in [3.8, 4) is 0 Å². The van der Waals surface area contributed by atoms with E-state index in [9.17, 15) is 14.4 Å². The number of hydrogen-bond acceptors (Lipinski definition) is 6. The predicted molar refractivity (Wildman–Crippen MR) is 261 cm³/mol. The Hall–Kier alpha value is -2.11. The van der Waals surface area contributed by atoms with Crippen LogP contribution in [0.2, 0.25) is 0 Å². The van der Waals surface area contributed by atoms with Gasteiger partial charge in [-0.15, -0.1) is 0 Å². The molecule has 1 atom stereocenters. The molecule has 0 aliphatic carbocycles. The van der Waals surface area contributed by atoms with Crippen molar-refractivity contribution in [2.45, 2.75) is 297 Å². The summed E-state index contributed by atoms with van der Waals surface area (Å²) >= 11 is 0. The largest absolute Gasteiger partial charge is 0.462 e. The van der Waals surface area contributed by atoms with E-state index in [1.165, 1.54) is 180 Å². The molecule has 0 aliphatic heterocycles. The maximum absolute atomic E-state index is 12.8. The third-order valence-corrected chi connectivity index (χ3v) is 12.0. The first-order chi connectivity index (χ1) is 30.0. The lowest BCUT2D eigenvalue weighted by molar-refractivity contribution is -0.167. The highest BCUT2D eigenvalue weighted by Gasteiger charge is 2.19. The zero-order chi connectivity index (χ0) is 44.4. The second kappa shape index (κ2) is 50.5. The van der Waals surface area contributed by atoms with Gasteiger partial charge in [-0.3, -0.25) is 14.4 Å². The zero-order valence-electron chi connectivity index (χ0n) is 40.9. The molecule has 0 heterocycles. The van der Waals surface area contributed by atoms with Crippen molar-refractivity contribution in [2.75, 3.05) is 13.2 Å². The van der Waals surface area contributed by atoms with Gasteiger partial charge >= 0.3 is 17.9 Å². The fraction of sp³-hybridized carbons (Fsp3) is 0.873. The number of ether oxygens (including phenoxy) is 3. The summed E-state index contributed by atoms with van der Waals surface area (Å²) in [5.41, 5.74) is 0. The second-order valence-electron chi connectivity index (χ2n) is 18.2. The Morgan fingerprint density at radius 1 is 0.328 bits per heavy atom. The molecule has 0 aromatic rings. The Bertz CT molecular complexity index is 989. The fourth-order valence-corrected chi connectivity index (χ4v) is 7.89. The van der Waals surface area contributed by atoms with E-state index < -0.39 is 6.10 Å². The molecular weight excluding hydrogens is 757 g/mol. The standard InChI is InChI=1S/C55H102O6/c1-4-7-10-13-16-18-20-22-24-26-28-30-31-33-35-37-39-42-45-48-54(57)60-51-52(50-59-53(56)47-44-41-15-12-9-6-3)61-55(58)49-46-43-40-38-36-34-32-29-27-25-23-21-19-17-14-11-8-5-2/h19,21,25,27,52H,4-18,20,22-24,26,28-51H2,1-3H3/b21-19-,27-25-. The average Bonchev–Trinajstić information content (AvgIpc) is 3.26. The van der Waals surface area contributed by atoms with Gasteiger partial charge in [0, 0.05) is 19.3 Å². The summed E-state index contributed by atoms with van der Waals surface area (Å²) in [6.07, 6.45) is 57.6. The molecule has 0 bridgehead atoms. The molecule has 0 fully saturated rings. The molecule has 0 saturated carbocycles. The van der Waals surface area contributed by atoms with E-state index in [0.29, 0.717) is 19.3 Å². The van der Waals surface area contributed by atoms with Crippen molar-refractivity contribution in [3.05, 3.63) is 24.3 Å². The molecule has 0 aromatic carbocycles. The lowest BCUT2D eigenvalue weighted by Gasteiger charge is -2.18. The molecule has 0 rings (SSSR count). The molecular formula is C55H102O6. The molecule has 0 aliphatic rings. The number of unbranched alkanes of at least 4 members (excludes halogenated alkanes) is 34. The zero-order valence-corrected chi connectivity index (χ0v) is 40.9. The van der Waals surface area contributed by atoms with Crippen molar-refractivity contribution < 1.29 is 28.6 Å². The summed E-state index contributed by atoms with van der Waals surface area (Å²) in [6.45, 7) is 6.59. The number of allylic oxidation sites excluding steroid dienone is 4. The Balaban J connectivity index is 4.16. The minimum Gasteiger partial charge on any atom is -0.462 e. The molecule has 358 valence electrons. The maximum atomic E-state index is 12.8. The Morgan fingerprint density at radius 2 is 0.590 bits per heavy atom. The first kappa shape index (κ1) is 58.9. The van der Waals surface area contributed by atoms with Gasteiger partial charge in [-0.25, -0.2) is 0 Å². The van der Waals surface area contributed by atoms with Crippen LogP contribution in [0, 0.1) is 0 Å². The Morgan fingerprint density at radius 3 is 0.918 bits per heavy atom. The summed E-state index contributed by atoms with van der Waals surface area (Å²) in [7, 11) is 0. The fourth-order valence-electron chi connectivity index (χ4n) is 7.89. The van der Waals surface area contributed by atoms with Crippen molar-refractivity contribution >= 4 is 17.9 Å². The van der Waals surface area contributed by atoms with Crippen LogP contribution in [-0.2, 0) is 28.6 Å². The first-order valence-electron chi connectivity index (χ1n) is 26.8. The summed E-state index contributed by atoms with van der Waals surface area (Å²) in [5.74, 6) is -0.873. The molecule has 61 heavy (non-hydrogen) atoms. The number of esters is 3. The quantitative estimate of drug-likeness (QED) is 0.0262. The van der Waals surface area contributed by atoms with Crippen LogP contribution < -0.4 is 0 Å². The van der Waals surface area contributed by atoms with Crippen LogP contribution in [0.1, 0.15) is 290 Å². The highest BCUT2D eigenvalue weighted by atomic mass is 16.6. The predicted octanol–water partition coefficient (Wildman–Crippen LogP) is 17.5. The van der Waals surface area contributed by atoms with Crippen molar-refractivity contribution in [1.82, 2.24) is 0 Å². The summed E-state index contributed by atoms with van der Waals surface area (Å²) < 4.78 is 16.7. The Labute approximate surface area is 379 Å². The monoisotopic (exact) mass is 859 g/mol. The van der Waals surface area contributed by atoms with Crippen molar-refractivity contribution in [2.24, 2.45) is 0 Å². The third kappa shape index (κ3) is 48.8. The van der Waals surface area contributed by atoms with E-state index in [1.54, 1.807) is 0 Å². The van der Waals surface area contributed by atoms with Crippen LogP contribution in [-0.4, -0.2) is 37.2 Å². The summed E-state index contributed by atoms with van der Waals surface area (Å²) in [4.78, 5) is 37.8. The lowest BCUT2D eigenvalue weighted by Crippen LogP contribution is -2.30. The SMILES string of the molecule is CCCCCC/C=C\C/C=C\CCCCCCCCCC(=O)OC(COC(=O)CCCCCCCC)COC(=O)CCCCCCCCCCCCCCCCCCCCC. The topological polar surface area (TPSA) is 78.9 Å². The van der Waals surface area contributed by atoms with Crippen LogP contribution in [0.4, 0.5) is 0 Å². The van der Waals surface area contributed by atoms with Crippen LogP contribution >= 0.6 is 0 Å². The van der Waals surface area contributed by atoms with Gasteiger partial charge in [0.25, 0.3) is 0 Å². The van der Waals surface area contributed by atoms with Gasteiger partial charge in [0.1, 0.15) is 13.2 Å². The highest BCUT2D eigenvalue weighted by molar-refractivity contribution is 5.71. The van der Waals surface area contributed by atoms with Crippen LogP contribution in [0.25, 0.3) is 0 Å². The van der Waals surface area contributed by atoms with Crippen molar-refractivity contribution in [1.29, 1.82) is 0 Å². The highest BCUT2D eigenvalue weighted by Crippen LogP contribution is 2.16. The summed E-state index contributed by atoms with van der Waals surface area (Å²) in [5, 5.41) is 0. The second-order valence-corrected chi connectivity index (χ2v) is 18.2. The number of carbonyl (C=O) groups excluding carboxylic acids is 3. The normalized spacial score (nSPS) is 12.1. The Kier molecular flexibility index (Phi) is 48.8. The van der Waals surface area contributed by atoms with Gasteiger partial charge in [0.05, 0.1) is 0 Å². The average molecular weight is 859 g/mol. The van der Waals surface area contributed by atoms with E-state index in [4.69, 9.17) is 14.2 Å². The smallest absolute Gasteiger partial charge is 0.306 e. The van der Waals surface area contributed by atoms with Gasteiger partial charge in [0.2, 0.25) is 0 Å². The minimum atomic E-state index is -0.768. The van der Waals surface area contributed by atoms with Crippen LogP contribution in [0.15, 0.2) is 24.3 Å². The van der Waals surface area contributed by atoms with E-state index >= 15 is 0 Å². The molecule has 1 unspecified atom stereocenters. The molecule has 6 nitrogen and oxygen atoms in total. The van der Waals surface area contributed by atoms with Gasteiger partial charge in [-0.2, -0.15) is 0 Å². The first-order valence-corrected chi connectivity index (χ1v) is 26.8. The minimum absolute atomic E-state index is 0.0704. The number of carbonyl (C=O) groups is 3. The molecule has 0 saturated heterocycles. The molecule has 6 heteroatoms. The van der Waals surface area contributed by atoms with E-state index in [0.717, 1.165) is 70.6 Å². The van der Waals surface area contributed by atoms with Gasteiger partial charge < -0.3 is 14.2 Å². The van der Waals surface area contributed by atoms with Crippen molar-refractivity contribution in [3.63, 3.8) is 0 Å². The van der Waals surface area contributed by atoms with Crippen LogP contribution in [0.5, 0.6) is 0 Å².